The third-order valence-electron chi connectivity index (χ3n) is 4.97. The first kappa shape index (κ1) is 20.2. The van der Waals surface area contributed by atoms with Gasteiger partial charge in [0, 0.05) is 23.1 Å². The molecule has 0 aliphatic carbocycles. The standard InChI is InChI=1S/C25H20FN5S/c26-21-13-7-8-18(14-21)15-31-16-22(29-30-31)17-32-25-27-23(19-9-3-1-4-10-19)24(28-25)20-11-5-2-6-12-20/h1-14,16H,15,17H2,(H,27,28). The van der Waals surface area contributed by atoms with Crippen LogP contribution in [0.5, 0.6) is 0 Å². The second-order valence-electron chi connectivity index (χ2n) is 7.32. The largest absolute Gasteiger partial charge is 0.332 e. The molecule has 0 saturated carbocycles. The molecule has 0 amide bonds. The van der Waals surface area contributed by atoms with E-state index in [1.807, 2.05) is 48.7 Å². The maximum Gasteiger partial charge on any atom is 0.166 e. The molecule has 32 heavy (non-hydrogen) atoms. The van der Waals surface area contributed by atoms with E-state index in [1.165, 1.54) is 12.1 Å². The van der Waals surface area contributed by atoms with Gasteiger partial charge in [-0.05, 0) is 17.7 Å². The Balaban J connectivity index is 1.34. The van der Waals surface area contributed by atoms with E-state index in [-0.39, 0.29) is 5.82 Å². The van der Waals surface area contributed by atoms with Gasteiger partial charge >= 0.3 is 0 Å². The Hall–Kier alpha value is -3.71. The second kappa shape index (κ2) is 9.20. The van der Waals surface area contributed by atoms with Gasteiger partial charge in [-0.3, -0.25) is 0 Å². The van der Waals surface area contributed by atoms with Crippen molar-refractivity contribution in [2.45, 2.75) is 17.5 Å². The normalized spacial score (nSPS) is 11.0. The number of halogens is 1. The van der Waals surface area contributed by atoms with Crippen molar-refractivity contribution in [2.75, 3.05) is 0 Å². The fourth-order valence-electron chi connectivity index (χ4n) is 3.49. The molecule has 1 N–H and O–H groups in total. The van der Waals surface area contributed by atoms with Gasteiger partial charge in [-0.15, -0.1) is 5.10 Å². The van der Waals surface area contributed by atoms with E-state index in [0.29, 0.717) is 12.3 Å². The van der Waals surface area contributed by atoms with Crippen LogP contribution in [0.4, 0.5) is 4.39 Å². The van der Waals surface area contributed by atoms with Crippen molar-refractivity contribution in [1.82, 2.24) is 25.0 Å². The number of thioether (sulfide) groups is 1. The van der Waals surface area contributed by atoms with Crippen LogP contribution in [-0.4, -0.2) is 25.0 Å². The van der Waals surface area contributed by atoms with Gasteiger partial charge in [0.25, 0.3) is 0 Å². The number of rotatable bonds is 7. The first-order chi connectivity index (χ1) is 15.7. The molecule has 0 atom stereocenters. The summed E-state index contributed by atoms with van der Waals surface area (Å²) in [5, 5.41) is 9.25. The van der Waals surface area contributed by atoms with E-state index < -0.39 is 0 Å². The molecule has 0 spiro atoms. The highest BCUT2D eigenvalue weighted by Crippen LogP contribution is 2.33. The number of hydrogen-bond donors (Lipinski definition) is 1. The summed E-state index contributed by atoms with van der Waals surface area (Å²) in [6, 6.07) is 26.9. The number of nitrogens with one attached hydrogen (secondary N) is 1. The van der Waals surface area contributed by atoms with Gasteiger partial charge in [0.15, 0.2) is 5.16 Å². The van der Waals surface area contributed by atoms with Crippen LogP contribution >= 0.6 is 11.8 Å². The minimum atomic E-state index is -0.250. The average Bonchev–Trinajstić information content (AvgIpc) is 3.46. The maximum absolute atomic E-state index is 13.4. The molecule has 0 fully saturated rings. The summed E-state index contributed by atoms with van der Waals surface area (Å²) in [6.07, 6.45) is 1.89. The Labute approximate surface area is 189 Å². The molecule has 2 aromatic heterocycles. The van der Waals surface area contributed by atoms with Crippen LogP contribution in [0, 0.1) is 5.82 Å². The van der Waals surface area contributed by atoms with E-state index in [4.69, 9.17) is 4.98 Å². The number of H-pyrrole nitrogens is 1. The topological polar surface area (TPSA) is 59.4 Å². The number of benzene rings is 3. The van der Waals surface area contributed by atoms with Crippen LogP contribution in [0.3, 0.4) is 0 Å². The number of nitrogens with zero attached hydrogens (tertiary/aromatic N) is 4. The van der Waals surface area contributed by atoms with Crippen LogP contribution in [-0.2, 0) is 12.3 Å². The van der Waals surface area contributed by atoms with Gasteiger partial charge in [-0.2, -0.15) is 0 Å². The second-order valence-corrected chi connectivity index (χ2v) is 8.29. The highest BCUT2D eigenvalue weighted by molar-refractivity contribution is 7.98. The molecule has 0 aliphatic rings. The fourth-order valence-corrected chi connectivity index (χ4v) is 4.23. The van der Waals surface area contributed by atoms with Gasteiger partial charge in [-0.1, -0.05) is 89.8 Å². The molecule has 3 aromatic carbocycles. The van der Waals surface area contributed by atoms with Crippen molar-refractivity contribution in [3.63, 3.8) is 0 Å². The Morgan fingerprint density at radius 3 is 2.38 bits per heavy atom. The Kier molecular flexibility index (Phi) is 5.81. The van der Waals surface area contributed by atoms with E-state index in [9.17, 15) is 4.39 Å². The molecule has 0 bridgehead atoms. The highest BCUT2D eigenvalue weighted by Gasteiger charge is 2.15. The first-order valence-electron chi connectivity index (χ1n) is 10.2. The molecule has 2 heterocycles. The first-order valence-corrected chi connectivity index (χ1v) is 11.2. The summed E-state index contributed by atoms with van der Waals surface area (Å²) in [7, 11) is 0. The molecule has 7 heteroatoms. The molecular formula is C25H20FN5S. The lowest BCUT2D eigenvalue weighted by molar-refractivity contribution is 0.614. The Morgan fingerprint density at radius 1 is 0.875 bits per heavy atom. The summed E-state index contributed by atoms with van der Waals surface area (Å²) in [5.41, 5.74) is 5.76. The predicted octanol–water partition coefficient (Wildman–Crippen LogP) is 5.81. The van der Waals surface area contributed by atoms with Crippen molar-refractivity contribution >= 4 is 11.8 Å². The van der Waals surface area contributed by atoms with E-state index in [2.05, 4.69) is 39.6 Å². The van der Waals surface area contributed by atoms with Crippen LogP contribution in [0.2, 0.25) is 0 Å². The number of hydrogen-bond acceptors (Lipinski definition) is 4. The molecule has 0 saturated heterocycles. The lowest BCUT2D eigenvalue weighted by atomic mass is 10.1. The third-order valence-corrected chi connectivity index (χ3v) is 5.88. The van der Waals surface area contributed by atoms with Crippen LogP contribution < -0.4 is 0 Å². The molecular weight excluding hydrogens is 421 g/mol. The zero-order valence-corrected chi connectivity index (χ0v) is 18.0. The van der Waals surface area contributed by atoms with E-state index in [0.717, 1.165) is 38.9 Å². The van der Waals surface area contributed by atoms with Crippen LogP contribution in [0.15, 0.2) is 96.3 Å². The summed E-state index contributed by atoms with van der Waals surface area (Å²) in [6.45, 7) is 0.479. The minimum absolute atomic E-state index is 0.250. The Bertz CT molecular complexity index is 1260. The predicted molar refractivity (Wildman–Crippen MR) is 125 cm³/mol. The SMILES string of the molecule is Fc1cccc(Cn2cc(CSc3nc(-c4ccccc4)c(-c4ccccc4)[nH]3)nn2)c1. The van der Waals surface area contributed by atoms with Gasteiger partial charge < -0.3 is 4.98 Å². The molecule has 5 nitrogen and oxygen atoms in total. The molecule has 0 aliphatic heterocycles. The monoisotopic (exact) mass is 441 g/mol. The summed E-state index contributed by atoms with van der Waals surface area (Å²) < 4.78 is 15.1. The minimum Gasteiger partial charge on any atom is -0.332 e. The van der Waals surface area contributed by atoms with E-state index >= 15 is 0 Å². The van der Waals surface area contributed by atoms with Crippen LogP contribution in [0.1, 0.15) is 11.3 Å². The number of imidazole rings is 1. The molecule has 5 rings (SSSR count). The average molecular weight is 442 g/mol. The highest BCUT2D eigenvalue weighted by atomic mass is 32.2. The van der Waals surface area contributed by atoms with Crippen molar-refractivity contribution < 1.29 is 4.39 Å². The lowest BCUT2D eigenvalue weighted by Gasteiger charge is -2.02. The quantitative estimate of drug-likeness (QED) is 0.324. The molecule has 0 radical (unpaired) electrons. The van der Waals surface area contributed by atoms with Crippen molar-refractivity contribution in [2.24, 2.45) is 0 Å². The van der Waals surface area contributed by atoms with Crippen molar-refractivity contribution in [1.29, 1.82) is 0 Å². The number of aromatic amines is 1. The zero-order chi connectivity index (χ0) is 21.8. The van der Waals surface area contributed by atoms with Gasteiger partial charge in [-0.25, -0.2) is 14.1 Å². The van der Waals surface area contributed by atoms with Gasteiger partial charge in [0.1, 0.15) is 5.82 Å². The van der Waals surface area contributed by atoms with Crippen molar-refractivity contribution in [3.8, 4) is 22.5 Å². The van der Waals surface area contributed by atoms with Crippen LogP contribution in [0.25, 0.3) is 22.5 Å². The summed E-state index contributed by atoms with van der Waals surface area (Å²) in [5.74, 6) is 0.374. The molecule has 158 valence electrons. The lowest BCUT2D eigenvalue weighted by Crippen LogP contribution is -2.00. The maximum atomic E-state index is 13.4. The van der Waals surface area contributed by atoms with Crippen molar-refractivity contribution in [3.05, 3.63) is 108 Å². The van der Waals surface area contributed by atoms with E-state index in [1.54, 1.807) is 22.5 Å². The molecule has 0 unspecified atom stereocenters. The van der Waals surface area contributed by atoms with Gasteiger partial charge in [0.2, 0.25) is 0 Å². The zero-order valence-electron chi connectivity index (χ0n) is 17.1. The summed E-state index contributed by atoms with van der Waals surface area (Å²) >= 11 is 1.58. The number of aromatic nitrogens is 5. The third kappa shape index (κ3) is 4.63. The van der Waals surface area contributed by atoms with Gasteiger partial charge in [0.05, 0.1) is 23.6 Å². The molecule has 5 aromatic rings. The smallest absolute Gasteiger partial charge is 0.166 e. The fraction of sp³-hybridized carbons (Fsp3) is 0.0800. The Morgan fingerprint density at radius 2 is 1.62 bits per heavy atom. The summed E-state index contributed by atoms with van der Waals surface area (Å²) in [4.78, 5) is 8.34.